The number of aliphatic hydroxyl groups excluding tert-OH is 2. The molecule has 63 heavy (non-hydrogen) atoms. The normalized spacial score (nSPS) is 12.6. The van der Waals surface area contributed by atoms with Crippen molar-refractivity contribution in [2.45, 2.75) is 328 Å². The largest absolute Gasteiger partial charge is 0.466 e. The van der Waals surface area contributed by atoms with Crippen LogP contribution in [0.25, 0.3) is 0 Å². The van der Waals surface area contributed by atoms with E-state index in [1.807, 2.05) is 6.08 Å². The van der Waals surface area contributed by atoms with Gasteiger partial charge in [-0.1, -0.05) is 283 Å². The van der Waals surface area contributed by atoms with Crippen LogP contribution in [0.3, 0.4) is 0 Å². The second-order valence-corrected chi connectivity index (χ2v) is 19.6. The van der Waals surface area contributed by atoms with Crippen LogP contribution >= 0.6 is 0 Å². The standard InChI is InChI=1S/C57H111NO5/c1-3-5-7-9-11-13-15-31-35-39-43-47-51-57(62)63-52-48-44-40-36-32-28-26-24-22-20-18-16-17-19-21-23-25-27-30-34-38-42-46-50-56(61)58-54(53-59)55(60)49-45-41-37-33-29-14-12-10-8-6-4-2/h45,49,54-55,59-60H,3-44,46-48,50-53H2,1-2H3,(H,58,61)/b49-45+. The third-order valence-electron chi connectivity index (χ3n) is 13.3. The molecule has 0 spiro atoms. The van der Waals surface area contributed by atoms with Gasteiger partial charge in [-0.3, -0.25) is 9.59 Å². The molecule has 0 bridgehead atoms. The third kappa shape index (κ3) is 49.9. The average Bonchev–Trinajstić information content (AvgIpc) is 3.28. The van der Waals surface area contributed by atoms with E-state index < -0.39 is 12.1 Å². The Kier molecular flexibility index (Phi) is 52.0. The quantitative estimate of drug-likeness (QED) is 0.0321. The minimum absolute atomic E-state index is 0.0147. The fraction of sp³-hybridized carbons (Fsp3) is 0.930. The van der Waals surface area contributed by atoms with Crippen LogP contribution in [0.15, 0.2) is 12.2 Å². The summed E-state index contributed by atoms with van der Waals surface area (Å²) in [4.78, 5) is 24.4. The molecule has 0 rings (SSSR count). The molecule has 0 aromatic rings. The minimum Gasteiger partial charge on any atom is -0.466 e. The molecule has 6 nitrogen and oxygen atoms in total. The first-order chi connectivity index (χ1) is 31.0. The Balaban J connectivity index is 3.36. The number of amides is 1. The number of ether oxygens (including phenoxy) is 1. The molecule has 6 heteroatoms. The Morgan fingerprint density at radius 3 is 1.08 bits per heavy atom. The second-order valence-electron chi connectivity index (χ2n) is 19.6. The summed E-state index contributed by atoms with van der Waals surface area (Å²) in [5.74, 6) is -0.0529. The first-order valence-electron chi connectivity index (χ1n) is 28.5. The summed E-state index contributed by atoms with van der Waals surface area (Å²) in [5.41, 5.74) is 0. The fourth-order valence-electron chi connectivity index (χ4n) is 8.93. The zero-order valence-electron chi connectivity index (χ0n) is 42.6. The van der Waals surface area contributed by atoms with Crippen LogP contribution in [0.2, 0.25) is 0 Å². The molecule has 0 saturated carbocycles. The van der Waals surface area contributed by atoms with Gasteiger partial charge in [-0.15, -0.1) is 0 Å². The number of unbranched alkanes of at least 4 members (excludes halogenated alkanes) is 42. The Hall–Kier alpha value is -1.40. The fourth-order valence-corrected chi connectivity index (χ4v) is 8.93. The third-order valence-corrected chi connectivity index (χ3v) is 13.3. The molecular formula is C57H111NO5. The molecule has 2 atom stereocenters. The van der Waals surface area contributed by atoms with Crippen molar-refractivity contribution < 1.29 is 24.5 Å². The Bertz CT molecular complexity index is 939. The lowest BCUT2D eigenvalue weighted by molar-refractivity contribution is -0.143. The van der Waals surface area contributed by atoms with E-state index in [0.717, 1.165) is 38.5 Å². The number of hydrogen-bond acceptors (Lipinski definition) is 5. The number of allylic oxidation sites excluding steroid dienone is 1. The molecule has 0 saturated heterocycles. The molecule has 374 valence electrons. The number of rotatable bonds is 53. The van der Waals surface area contributed by atoms with E-state index in [4.69, 9.17) is 4.74 Å². The molecule has 2 unspecified atom stereocenters. The summed E-state index contributed by atoms with van der Waals surface area (Å²) in [6, 6.07) is -0.625. The van der Waals surface area contributed by atoms with Gasteiger partial charge in [0.2, 0.25) is 5.91 Å². The van der Waals surface area contributed by atoms with Crippen molar-refractivity contribution >= 4 is 11.9 Å². The lowest BCUT2D eigenvalue weighted by Gasteiger charge is -2.20. The second kappa shape index (κ2) is 53.2. The summed E-state index contributed by atoms with van der Waals surface area (Å²) in [5, 5.41) is 23.0. The number of nitrogens with one attached hydrogen (secondary N) is 1. The molecule has 0 radical (unpaired) electrons. The van der Waals surface area contributed by atoms with E-state index in [0.29, 0.717) is 19.4 Å². The molecule has 0 aromatic carbocycles. The highest BCUT2D eigenvalue weighted by molar-refractivity contribution is 5.76. The minimum atomic E-state index is -0.841. The van der Waals surface area contributed by atoms with Crippen molar-refractivity contribution in [1.82, 2.24) is 5.32 Å². The molecule has 0 aliphatic rings. The van der Waals surface area contributed by atoms with Crippen LogP contribution < -0.4 is 5.32 Å². The first kappa shape index (κ1) is 61.6. The Morgan fingerprint density at radius 1 is 0.429 bits per heavy atom. The Labute approximate surface area is 393 Å². The van der Waals surface area contributed by atoms with Crippen molar-refractivity contribution in [3.63, 3.8) is 0 Å². The van der Waals surface area contributed by atoms with E-state index in [1.54, 1.807) is 6.08 Å². The summed E-state index contributed by atoms with van der Waals surface area (Å²) in [6.45, 7) is 4.90. The van der Waals surface area contributed by atoms with Crippen molar-refractivity contribution in [2.24, 2.45) is 0 Å². The van der Waals surface area contributed by atoms with Crippen LogP contribution in [0, 0.1) is 0 Å². The van der Waals surface area contributed by atoms with E-state index in [-0.39, 0.29) is 18.5 Å². The molecule has 0 aliphatic heterocycles. The lowest BCUT2D eigenvalue weighted by Crippen LogP contribution is -2.45. The van der Waals surface area contributed by atoms with Gasteiger partial charge in [0, 0.05) is 12.8 Å². The maximum Gasteiger partial charge on any atom is 0.305 e. The molecular weight excluding hydrogens is 779 g/mol. The van der Waals surface area contributed by atoms with Crippen LogP contribution in [0.4, 0.5) is 0 Å². The van der Waals surface area contributed by atoms with E-state index in [2.05, 4.69) is 19.2 Å². The van der Waals surface area contributed by atoms with Crippen LogP contribution in [0.5, 0.6) is 0 Å². The monoisotopic (exact) mass is 890 g/mol. The number of esters is 1. The molecule has 0 aliphatic carbocycles. The number of aliphatic hydroxyl groups is 2. The molecule has 3 N–H and O–H groups in total. The highest BCUT2D eigenvalue weighted by atomic mass is 16.5. The molecule has 0 heterocycles. The smallest absolute Gasteiger partial charge is 0.305 e. The van der Waals surface area contributed by atoms with Gasteiger partial charge in [-0.2, -0.15) is 0 Å². The van der Waals surface area contributed by atoms with Crippen LogP contribution in [-0.4, -0.2) is 47.4 Å². The average molecular weight is 891 g/mol. The summed E-state index contributed by atoms with van der Waals surface area (Å²) >= 11 is 0. The summed E-state index contributed by atoms with van der Waals surface area (Å²) < 4.78 is 5.47. The van der Waals surface area contributed by atoms with Gasteiger partial charge >= 0.3 is 5.97 Å². The summed E-state index contributed by atoms with van der Waals surface area (Å²) in [6.07, 6.45) is 62.4. The van der Waals surface area contributed by atoms with Gasteiger partial charge in [-0.25, -0.2) is 0 Å². The highest BCUT2D eigenvalue weighted by Gasteiger charge is 2.18. The van der Waals surface area contributed by atoms with Crippen LogP contribution in [0.1, 0.15) is 316 Å². The van der Waals surface area contributed by atoms with Crippen molar-refractivity contribution in [1.29, 1.82) is 0 Å². The Morgan fingerprint density at radius 2 is 0.730 bits per heavy atom. The number of carbonyl (C=O) groups is 2. The predicted octanol–water partition coefficient (Wildman–Crippen LogP) is 17.3. The van der Waals surface area contributed by atoms with Gasteiger partial charge in [-0.05, 0) is 32.1 Å². The number of carbonyl (C=O) groups excluding carboxylic acids is 2. The van der Waals surface area contributed by atoms with E-state index >= 15 is 0 Å². The first-order valence-corrected chi connectivity index (χ1v) is 28.5. The van der Waals surface area contributed by atoms with Crippen LogP contribution in [-0.2, 0) is 14.3 Å². The van der Waals surface area contributed by atoms with E-state index in [1.165, 1.54) is 250 Å². The maximum atomic E-state index is 12.4. The SMILES string of the molecule is CCCCCCCCCCC/C=C/C(O)C(CO)NC(=O)CCCCCCCCCCCCCCCCCCCCCCCCCOC(=O)CCCCCCCCCCCCCC. The van der Waals surface area contributed by atoms with Gasteiger partial charge in [0.1, 0.15) is 0 Å². The topological polar surface area (TPSA) is 95.9 Å². The maximum absolute atomic E-state index is 12.4. The molecule has 0 fully saturated rings. The zero-order chi connectivity index (χ0) is 45.8. The van der Waals surface area contributed by atoms with Crippen molar-refractivity contribution in [3.8, 4) is 0 Å². The predicted molar refractivity (Wildman–Crippen MR) is 273 cm³/mol. The molecule has 0 aromatic heterocycles. The lowest BCUT2D eigenvalue weighted by atomic mass is 10.0. The van der Waals surface area contributed by atoms with Gasteiger partial charge in [0.05, 0.1) is 25.4 Å². The van der Waals surface area contributed by atoms with Crippen molar-refractivity contribution in [3.05, 3.63) is 12.2 Å². The van der Waals surface area contributed by atoms with Crippen molar-refractivity contribution in [2.75, 3.05) is 13.2 Å². The zero-order valence-corrected chi connectivity index (χ0v) is 42.6. The van der Waals surface area contributed by atoms with E-state index in [9.17, 15) is 19.8 Å². The van der Waals surface area contributed by atoms with Gasteiger partial charge in [0.25, 0.3) is 0 Å². The summed E-state index contributed by atoms with van der Waals surface area (Å²) in [7, 11) is 0. The highest BCUT2D eigenvalue weighted by Crippen LogP contribution is 2.17. The van der Waals surface area contributed by atoms with Gasteiger partial charge < -0.3 is 20.3 Å². The van der Waals surface area contributed by atoms with Gasteiger partial charge in [0.15, 0.2) is 0 Å². The number of hydrogen-bond donors (Lipinski definition) is 3. The molecule has 1 amide bonds.